The maximum Gasteiger partial charge on any atom is 0.427 e. The van der Waals surface area contributed by atoms with Crippen LogP contribution in [-0.2, 0) is 19.7 Å². The predicted octanol–water partition coefficient (Wildman–Crippen LogP) is 3.72. The Morgan fingerprint density at radius 3 is 2.35 bits per heavy atom. The van der Waals surface area contributed by atoms with Gasteiger partial charge < -0.3 is 4.42 Å². The van der Waals surface area contributed by atoms with Gasteiger partial charge in [-0.15, -0.1) is 0 Å². The summed E-state index contributed by atoms with van der Waals surface area (Å²) in [5.41, 5.74) is -1.04. The standard InChI is InChI=1S/C23H15ClF3N5O6S2/c1-2-39(34,35)18-9-10-19(32-22(33)31(12-28-32)14-5-3-13(25)4-6-14)30-20(18)21-29-16-11-15(7-8-17(16)38-21)40(36,37)23(24,26)27/h3-12H,2H2,1H3. The van der Waals surface area contributed by atoms with Crippen LogP contribution in [0.5, 0.6) is 0 Å². The van der Waals surface area contributed by atoms with Crippen molar-refractivity contribution in [1.82, 2.24) is 24.3 Å². The highest BCUT2D eigenvalue weighted by Crippen LogP contribution is 2.35. The van der Waals surface area contributed by atoms with E-state index in [2.05, 4.69) is 15.1 Å². The van der Waals surface area contributed by atoms with Gasteiger partial charge in [0.25, 0.3) is 9.84 Å². The molecule has 0 N–H and O–H groups in total. The number of oxazole rings is 1. The normalized spacial score (nSPS) is 12.7. The molecule has 0 radical (unpaired) electrons. The number of rotatable bonds is 7. The highest BCUT2D eigenvalue weighted by atomic mass is 35.5. The molecule has 0 amide bonds. The third-order valence-electron chi connectivity index (χ3n) is 5.73. The van der Waals surface area contributed by atoms with Crippen LogP contribution >= 0.6 is 11.6 Å². The lowest BCUT2D eigenvalue weighted by Crippen LogP contribution is -2.23. The second-order valence-corrected chi connectivity index (χ2v) is 13.1. The fraction of sp³-hybridized carbons (Fsp3) is 0.130. The molecule has 17 heteroatoms. The number of sulfone groups is 2. The minimum atomic E-state index is -5.26. The number of alkyl halides is 3. The van der Waals surface area contributed by atoms with Crippen LogP contribution in [0.25, 0.3) is 34.2 Å². The lowest BCUT2D eigenvalue weighted by Gasteiger charge is -2.08. The van der Waals surface area contributed by atoms with Crippen molar-refractivity contribution in [3.8, 4) is 23.1 Å². The molecule has 0 aliphatic rings. The van der Waals surface area contributed by atoms with Crippen LogP contribution in [-0.4, -0.2) is 51.6 Å². The molecule has 208 valence electrons. The van der Waals surface area contributed by atoms with E-state index >= 15 is 0 Å². The van der Waals surface area contributed by atoms with E-state index < -0.39 is 46.7 Å². The van der Waals surface area contributed by atoms with Gasteiger partial charge >= 0.3 is 10.4 Å². The molecule has 0 spiro atoms. The molecule has 40 heavy (non-hydrogen) atoms. The van der Waals surface area contributed by atoms with Crippen molar-refractivity contribution in [3.63, 3.8) is 0 Å². The summed E-state index contributed by atoms with van der Waals surface area (Å²) in [4.78, 5) is 20.2. The van der Waals surface area contributed by atoms with Crippen LogP contribution in [0.1, 0.15) is 6.92 Å². The van der Waals surface area contributed by atoms with E-state index in [1.54, 1.807) is 0 Å². The summed E-state index contributed by atoms with van der Waals surface area (Å²) in [5, 5.41) is 4.00. The van der Waals surface area contributed by atoms with Gasteiger partial charge in [0.2, 0.25) is 5.89 Å². The van der Waals surface area contributed by atoms with Gasteiger partial charge in [0, 0.05) is 0 Å². The highest BCUT2D eigenvalue weighted by Gasteiger charge is 2.44. The summed E-state index contributed by atoms with van der Waals surface area (Å²) in [6.45, 7) is 1.39. The Morgan fingerprint density at radius 1 is 1.00 bits per heavy atom. The summed E-state index contributed by atoms with van der Waals surface area (Å²) in [6.07, 6.45) is 1.15. The molecule has 0 saturated carbocycles. The maximum atomic E-state index is 13.4. The zero-order chi connectivity index (χ0) is 29.0. The van der Waals surface area contributed by atoms with E-state index in [4.69, 9.17) is 16.0 Å². The molecule has 3 aromatic heterocycles. The van der Waals surface area contributed by atoms with Crippen LogP contribution < -0.4 is 5.69 Å². The van der Waals surface area contributed by atoms with Gasteiger partial charge in [-0.3, -0.25) is 0 Å². The van der Waals surface area contributed by atoms with Crippen molar-refractivity contribution < 1.29 is 34.4 Å². The van der Waals surface area contributed by atoms with Crippen molar-refractivity contribution >= 4 is 42.4 Å². The van der Waals surface area contributed by atoms with Gasteiger partial charge in [0.1, 0.15) is 23.4 Å². The second kappa shape index (κ2) is 9.57. The summed E-state index contributed by atoms with van der Waals surface area (Å²) in [7, 11) is -9.20. The zero-order valence-corrected chi connectivity index (χ0v) is 22.4. The molecule has 0 saturated heterocycles. The third kappa shape index (κ3) is 4.67. The molecule has 0 fully saturated rings. The molecule has 5 rings (SSSR count). The van der Waals surface area contributed by atoms with E-state index in [0.717, 1.165) is 45.9 Å². The van der Waals surface area contributed by atoms with Gasteiger partial charge in [0.15, 0.2) is 21.2 Å². The first-order chi connectivity index (χ1) is 18.7. The molecular formula is C23H15ClF3N5O6S2. The van der Waals surface area contributed by atoms with Crippen molar-refractivity contribution in [1.29, 1.82) is 0 Å². The Kier molecular flexibility index (Phi) is 6.59. The number of nitrogens with zero attached hydrogens (tertiary/aromatic N) is 5. The Balaban J connectivity index is 1.67. The quantitative estimate of drug-likeness (QED) is 0.250. The average molecular weight is 614 g/mol. The monoisotopic (exact) mass is 613 g/mol. The molecule has 5 aromatic rings. The van der Waals surface area contributed by atoms with Crippen LogP contribution in [0.2, 0.25) is 0 Å². The van der Waals surface area contributed by atoms with Crippen molar-refractivity contribution in [3.05, 3.63) is 77.2 Å². The van der Waals surface area contributed by atoms with Crippen molar-refractivity contribution in [2.45, 2.75) is 21.4 Å². The second-order valence-electron chi connectivity index (χ2n) is 8.19. The molecule has 0 aliphatic heterocycles. The van der Waals surface area contributed by atoms with E-state index in [0.29, 0.717) is 5.69 Å². The molecule has 0 unspecified atom stereocenters. The number of fused-ring (bicyclic) bond motifs is 1. The van der Waals surface area contributed by atoms with E-state index in [-0.39, 0.29) is 33.3 Å². The van der Waals surface area contributed by atoms with E-state index in [9.17, 15) is 34.8 Å². The zero-order valence-electron chi connectivity index (χ0n) is 20.0. The van der Waals surface area contributed by atoms with Crippen LogP contribution in [0.4, 0.5) is 13.2 Å². The average Bonchev–Trinajstić information content (AvgIpc) is 3.51. The summed E-state index contributed by atoms with van der Waals surface area (Å²) < 4.78 is 92.9. The molecule has 2 aromatic carbocycles. The molecular weight excluding hydrogens is 599 g/mol. The molecule has 11 nitrogen and oxygen atoms in total. The molecule has 0 bridgehead atoms. The summed E-state index contributed by atoms with van der Waals surface area (Å²) >= 11 is 4.74. The number of hydrogen-bond donors (Lipinski definition) is 0. The minimum Gasteiger partial charge on any atom is -0.435 e. The molecule has 0 aliphatic carbocycles. The van der Waals surface area contributed by atoms with E-state index in [1.807, 2.05) is 0 Å². The van der Waals surface area contributed by atoms with Crippen LogP contribution in [0, 0.1) is 5.82 Å². The van der Waals surface area contributed by atoms with Gasteiger partial charge in [-0.2, -0.15) is 18.6 Å². The van der Waals surface area contributed by atoms with Gasteiger partial charge in [-0.25, -0.2) is 40.6 Å². The fourth-order valence-electron chi connectivity index (χ4n) is 3.66. The topological polar surface area (TPSA) is 147 Å². The van der Waals surface area contributed by atoms with Gasteiger partial charge in [-0.1, -0.05) is 6.92 Å². The Labute approximate surface area is 228 Å². The number of pyridine rings is 1. The lowest BCUT2D eigenvalue weighted by atomic mass is 10.3. The smallest absolute Gasteiger partial charge is 0.427 e. The van der Waals surface area contributed by atoms with Crippen LogP contribution in [0.15, 0.2) is 79.9 Å². The van der Waals surface area contributed by atoms with Gasteiger partial charge in [0.05, 0.1) is 21.2 Å². The Bertz CT molecular complexity index is 2050. The molecule has 0 atom stereocenters. The number of hydrogen-bond acceptors (Lipinski definition) is 9. The van der Waals surface area contributed by atoms with Crippen molar-refractivity contribution in [2.24, 2.45) is 0 Å². The predicted molar refractivity (Wildman–Crippen MR) is 136 cm³/mol. The Morgan fingerprint density at radius 2 is 1.70 bits per heavy atom. The number of halogens is 4. The Hall–Kier alpha value is -4.02. The first-order valence-corrected chi connectivity index (χ1v) is 14.6. The number of benzene rings is 2. The first kappa shape index (κ1) is 27.5. The van der Waals surface area contributed by atoms with Gasteiger partial charge in [-0.05, 0) is 66.2 Å². The van der Waals surface area contributed by atoms with Crippen LogP contribution in [0.3, 0.4) is 0 Å². The maximum absolute atomic E-state index is 13.4. The third-order valence-corrected chi connectivity index (χ3v) is 9.58. The first-order valence-electron chi connectivity index (χ1n) is 11.1. The lowest BCUT2D eigenvalue weighted by molar-refractivity contribution is 0.187. The largest absolute Gasteiger partial charge is 0.435 e. The number of aromatic nitrogens is 5. The summed E-state index contributed by atoms with van der Waals surface area (Å²) in [6, 6.07) is 10.1. The SMILES string of the molecule is CCS(=O)(=O)c1ccc(-n2ncn(-c3ccc(F)cc3)c2=O)nc1-c1nc2cc(S(=O)(=O)C(F)(F)Cl)ccc2o1. The fourth-order valence-corrected chi connectivity index (χ4v) is 5.73. The minimum absolute atomic E-state index is 0.0726. The summed E-state index contributed by atoms with van der Waals surface area (Å²) in [5.74, 6) is -1.39. The van der Waals surface area contributed by atoms with E-state index in [1.165, 1.54) is 31.2 Å². The molecule has 3 heterocycles. The van der Waals surface area contributed by atoms with Crippen molar-refractivity contribution in [2.75, 3.05) is 5.75 Å². The highest BCUT2D eigenvalue weighted by molar-refractivity contribution is 7.93.